The van der Waals surface area contributed by atoms with Crippen LogP contribution < -0.4 is 0 Å². The lowest BCUT2D eigenvalue weighted by atomic mass is 10.2. The van der Waals surface area contributed by atoms with Crippen molar-refractivity contribution in [2.24, 2.45) is 0 Å². The van der Waals surface area contributed by atoms with E-state index in [1.807, 2.05) is 0 Å². The van der Waals surface area contributed by atoms with Gasteiger partial charge in [-0.2, -0.15) is 0 Å². The Balaban J connectivity index is 2.20. The summed E-state index contributed by atoms with van der Waals surface area (Å²) in [7, 11) is 0. The average Bonchev–Trinajstić information content (AvgIpc) is 2.72. The molecule has 0 fully saturated rings. The summed E-state index contributed by atoms with van der Waals surface area (Å²) in [6.07, 6.45) is 3.10. The van der Waals surface area contributed by atoms with E-state index >= 15 is 0 Å². The lowest BCUT2D eigenvalue weighted by Crippen LogP contribution is -1.81. The van der Waals surface area contributed by atoms with E-state index < -0.39 is 0 Å². The number of hydrogen-bond acceptors (Lipinski definition) is 5. The molecule has 2 aromatic heterocycles. The van der Waals surface area contributed by atoms with Crippen molar-refractivity contribution in [3.63, 3.8) is 0 Å². The lowest BCUT2D eigenvalue weighted by Gasteiger charge is -2.00. The summed E-state index contributed by atoms with van der Waals surface area (Å²) in [5.41, 5.74) is 1.52. The van der Waals surface area contributed by atoms with E-state index in [0.717, 1.165) is 0 Å². The fraction of sp³-hybridized carbons (Fsp3) is 0. The Morgan fingerprint density at radius 1 is 1.06 bits per heavy atom. The van der Waals surface area contributed by atoms with E-state index in [0.29, 0.717) is 22.7 Å². The van der Waals surface area contributed by atoms with Crippen molar-refractivity contribution in [3.8, 4) is 22.9 Å². The second-order valence-electron chi connectivity index (χ2n) is 3.52. The molecule has 84 valence electrons. The molecule has 3 rings (SSSR count). The number of nitrogens with zero attached hydrogens (tertiary/aromatic N) is 3. The van der Waals surface area contributed by atoms with Gasteiger partial charge in [0.2, 0.25) is 0 Å². The molecule has 0 aliphatic carbocycles. The van der Waals surface area contributed by atoms with Crippen LogP contribution in [0, 0.1) is 0 Å². The molecule has 3 N–H and O–H groups in total. The highest BCUT2D eigenvalue weighted by Gasteiger charge is 2.10. The Hall–Kier alpha value is -2.63. The summed E-state index contributed by atoms with van der Waals surface area (Å²) >= 11 is 0. The molecule has 2 heterocycles. The van der Waals surface area contributed by atoms with Gasteiger partial charge in [-0.25, -0.2) is 15.0 Å². The second kappa shape index (κ2) is 3.44. The van der Waals surface area contributed by atoms with Crippen LogP contribution in [0.25, 0.3) is 22.7 Å². The summed E-state index contributed by atoms with van der Waals surface area (Å²) in [6.45, 7) is 0. The number of aromatic hydroxyl groups is 2. The number of benzene rings is 1. The van der Waals surface area contributed by atoms with Crippen molar-refractivity contribution in [2.75, 3.05) is 0 Å². The molecule has 17 heavy (non-hydrogen) atoms. The Kier molecular flexibility index (Phi) is 1.94. The van der Waals surface area contributed by atoms with Crippen molar-refractivity contribution in [1.29, 1.82) is 0 Å². The Bertz CT molecular complexity index is 660. The van der Waals surface area contributed by atoms with Crippen LogP contribution in [-0.2, 0) is 0 Å². The fourth-order valence-electron chi connectivity index (χ4n) is 1.59. The first-order chi connectivity index (χ1) is 8.24. The molecule has 0 spiro atoms. The van der Waals surface area contributed by atoms with Crippen LogP contribution >= 0.6 is 0 Å². The standard InChI is InChI=1S/C11H8N4O2/c16-6-1-2-7(8(17)5-6)9-14-10-11(15-9)13-4-3-12-10/h1-5,16-17H,(H,12,13,14,15). The van der Waals surface area contributed by atoms with E-state index in [9.17, 15) is 10.2 Å². The minimum Gasteiger partial charge on any atom is -0.508 e. The number of fused-ring (bicyclic) bond motifs is 1. The fourth-order valence-corrected chi connectivity index (χ4v) is 1.59. The highest BCUT2D eigenvalue weighted by atomic mass is 16.3. The van der Waals surface area contributed by atoms with Gasteiger partial charge >= 0.3 is 0 Å². The van der Waals surface area contributed by atoms with Crippen LogP contribution in [0.3, 0.4) is 0 Å². The number of H-pyrrole nitrogens is 1. The Morgan fingerprint density at radius 3 is 2.65 bits per heavy atom. The highest BCUT2D eigenvalue weighted by molar-refractivity contribution is 5.74. The number of rotatable bonds is 1. The van der Waals surface area contributed by atoms with Gasteiger partial charge in [0.25, 0.3) is 0 Å². The summed E-state index contributed by atoms with van der Waals surface area (Å²) in [5, 5.41) is 18.9. The summed E-state index contributed by atoms with van der Waals surface area (Å²) in [5.74, 6) is 0.409. The third-order valence-corrected chi connectivity index (χ3v) is 2.37. The quantitative estimate of drug-likeness (QED) is 0.585. The van der Waals surface area contributed by atoms with Crippen molar-refractivity contribution in [1.82, 2.24) is 19.9 Å². The number of aromatic nitrogens is 4. The minimum absolute atomic E-state index is 0.00129. The molecule has 0 radical (unpaired) electrons. The van der Waals surface area contributed by atoms with Crippen LogP contribution in [0.1, 0.15) is 0 Å². The smallest absolute Gasteiger partial charge is 0.197 e. The van der Waals surface area contributed by atoms with E-state index in [1.54, 1.807) is 18.5 Å². The van der Waals surface area contributed by atoms with Gasteiger partial charge < -0.3 is 15.2 Å². The largest absolute Gasteiger partial charge is 0.508 e. The van der Waals surface area contributed by atoms with E-state index in [4.69, 9.17) is 0 Å². The topological polar surface area (TPSA) is 94.9 Å². The molecule has 0 bridgehead atoms. The van der Waals surface area contributed by atoms with Crippen molar-refractivity contribution < 1.29 is 10.2 Å². The number of aromatic amines is 1. The third-order valence-electron chi connectivity index (χ3n) is 2.37. The zero-order chi connectivity index (χ0) is 11.8. The Labute approximate surface area is 95.6 Å². The Morgan fingerprint density at radius 2 is 1.88 bits per heavy atom. The third kappa shape index (κ3) is 1.55. The maximum Gasteiger partial charge on any atom is 0.197 e. The van der Waals surface area contributed by atoms with Crippen LogP contribution in [0.4, 0.5) is 0 Å². The average molecular weight is 228 g/mol. The SMILES string of the molecule is Oc1ccc(-c2nc3nccnc3[nH]2)c(O)c1. The molecule has 1 aromatic carbocycles. The number of phenols is 2. The van der Waals surface area contributed by atoms with Gasteiger partial charge in [-0.1, -0.05) is 0 Å². The molecule has 0 unspecified atom stereocenters. The summed E-state index contributed by atoms with van der Waals surface area (Å²) in [4.78, 5) is 15.3. The van der Waals surface area contributed by atoms with Crippen molar-refractivity contribution in [3.05, 3.63) is 30.6 Å². The maximum absolute atomic E-state index is 9.71. The van der Waals surface area contributed by atoms with E-state index in [2.05, 4.69) is 19.9 Å². The molecular weight excluding hydrogens is 220 g/mol. The van der Waals surface area contributed by atoms with Gasteiger partial charge in [0, 0.05) is 18.5 Å². The van der Waals surface area contributed by atoms with Gasteiger partial charge in [0.1, 0.15) is 17.3 Å². The molecule has 6 nitrogen and oxygen atoms in total. The second-order valence-corrected chi connectivity index (χ2v) is 3.52. The number of nitrogens with one attached hydrogen (secondary N) is 1. The van der Waals surface area contributed by atoms with E-state index in [-0.39, 0.29) is 11.5 Å². The first-order valence-corrected chi connectivity index (χ1v) is 4.93. The van der Waals surface area contributed by atoms with Gasteiger partial charge in [-0.3, -0.25) is 0 Å². The van der Waals surface area contributed by atoms with Crippen molar-refractivity contribution in [2.45, 2.75) is 0 Å². The van der Waals surface area contributed by atoms with Crippen LogP contribution in [-0.4, -0.2) is 30.1 Å². The highest BCUT2D eigenvalue weighted by Crippen LogP contribution is 2.30. The van der Waals surface area contributed by atoms with Crippen molar-refractivity contribution >= 4 is 11.3 Å². The molecule has 0 amide bonds. The maximum atomic E-state index is 9.71. The van der Waals surface area contributed by atoms with Gasteiger partial charge in [0.15, 0.2) is 11.3 Å². The number of imidazole rings is 1. The molecule has 0 aliphatic rings. The van der Waals surface area contributed by atoms with Gasteiger partial charge in [0.05, 0.1) is 5.56 Å². The zero-order valence-corrected chi connectivity index (χ0v) is 8.62. The monoisotopic (exact) mass is 228 g/mol. The van der Waals surface area contributed by atoms with Crippen LogP contribution in [0.5, 0.6) is 11.5 Å². The predicted octanol–water partition coefficient (Wildman–Crippen LogP) is 1.43. The van der Waals surface area contributed by atoms with E-state index in [1.165, 1.54) is 12.1 Å². The number of hydrogen-bond donors (Lipinski definition) is 3. The molecule has 3 aromatic rings. The summed E-state index contributed by atoms with van der Waals surface area (Å²) < 4.78 is 0. The zero-order valence-electron chi connectivity index (χ0n) is 8.62. The normalized spacial score (nSPS) is 10.8. The molecule has 0 aliphatic heterocycles. The molecule has 6 heteroatoms. The lowest BCUT2D eigenvalue weighted by molar-refractivity contribution is 0.451. The first kappa shape index (κ1) is 9.59. The van der Waals surface area contributed by atoms with Gasteiger partial charge in [-0.15, -0.1) is 0 Å². The van der Waals surface area contributed by atoms with Crippen LogP contribution in [0.2, 0.25) is 0 Å². The van der Waals surface area contributed by atoms with Crippen LogP contribution in [0.15, 0.2) is 30.6 Å². The van der Waals surface area contributed by atoms with Gasteiger partial charge in [-0.05, 0) is 12.1 Å². The molecule has 0 atom stereocenters. The minimum atomic E-state index is -0.0518. The molecule has 0 saturated carbocycles. The number of phenolic OH excluding ortho intramolecular Hbond substituents is 2. The molecule has 0 saturated heterocycles. The summed E-state index contributed by atoms with van der Waals surface area (Å²) in [6, 6.07) is 4.30. The predicted molar refractivity (Wildman–Crippen MR) is 60.4 cm³/mol. The first-order valence-electron chi connectivity index (χ1n) is 4.93. The molecular formula is C11H8N4O2.